The standard InChI is InChI=1S/C33H30N4/c1-3-12-23(4-2)31-34-32(24-13-6-5-7-14-24)36-33(35-31)25-19-21-26(22-20-25)37-29-17-10-8-15-27(29)28-16-9-11-18-30(28)37/h3-13,15-19,21-22,24-25H,14,20H2,1-2H3/b12-3-,23-4+. The van der Waals surface area contributed by atoms with Crippen molar-refractivity contribution in [3.8, 4) is 0 Å². The van der Waals surface area contributed by atoms with Crippen molar-refractivity contribution in [3.05, 3.63) is 127 Å². The monoisotopic (exact) mass is 482 g/mol. The van der Waals surface area contributed by atoms with E-state index in [1.54, 1.807) is 0 Å². The Balaban J connectivity index is 1.38. The summed E-state index contributed by atoms with van der Waals surface area (Å²) in [5, 5.41) is 2.55. The Hall–Kier alpha value is -4.31. The van der Waals surface area contributed by atoms with E-state index in [4.69, 9.17) is 15.0 Å². The SMILES string of the molecule is C/C=C\C(=C/C)c1nc(C2C=CC=CC2)nc(C2C=CC(n3c4ccccc4c4ccccc43)=CC2)n1. The number of aromatic nitrogens is 4. The molecule has 0 bridgehead atoms. The van der Waals surface area contributed by atoms with E-state index in [-0.39, 0.29) is 11.8 Å². The molecule has 4 aromatic rings. The molecule has 0 saturated heterocycles. The molecule has 0 spiro atoms. The van der Waals surface area contributed by atoms with Crippen LogP contribution in [0.25, 0.3) is 33.1 Å². The fourth-order valence-electron chi connectivity index (χ4n) is 5.29. The molecule has 2 heterocycles. The molecule has 2 aromatic heterocycles. The Morgan fingerprint density at radius 1 is 0.811 bits per heavy atom. The maximum atomic E-state index is 5.00. The summed E-state index contributed by atoms with van der Waals surface area (Å²) in [7, 11) is 0. The molecule has 0 aliphatic heterocycles. The third kappa shape index (κ3) is 4.29. The van der Waals surface area contributed by atoms with Crippen LogP contribution in [0.15, 0.2) is 109 Å². The fraction of sp³-hybridized carbons (Fsp3) is 0.182. The zero-order valence-electron chi connectivity index (χ0n) is 21.3. The van der Waals surface area contributed by atoms with Crippen LogP contribution in [-0.4, -0.2) is 19.5 Å². The first-order chi connectivity index (χ1) is 18.3. The van der Waals surface area contributed by atoms with E-state index in [2.05, 4.69) is 108 Å². The molecule has 0 saturated carbocycles. The van der Waals surface area contributed by atoms with Gasteiger partial charge in [-0.25, -0.2) is 15.0 Å². The molecule has 0 fully saturated rings. The molecule has 2 atom stereocenters. The topological polar surface area (TPSA) is 43.6 Å². The van der Waals surface area contributed by atoms with Crippen LogP contribution in [0, 0.1) is 0 Å². The molecule has 2 aromatic carbocycles. The van der Waals surface area contributed by atoms with Crippen molar-refractivity contribution >= 4 is 33.1 Å². The minimum absolute atomic E-state index is 0.101. The van der Waals surface area contributed by atoms with Gasteiger partial charge in [-0.1, -0.05) is 91.1 Å². The highest BCUT2D eigenvalue weighted by atomic mass is 15.0. The molecule has 2 unspecified atom stereocenters. The summed E-state index contributed by atoms with van der Waals surface area (Å²) in [6.45, 7) is 4.05. The highest BCUT2D eigenvalue weighted by Crippen LogP contribution is 2.35. The van der Waals surface area contributed by atoms with Crippen LogP contribution < -0.4 is 0 Å². The lowest BCUT2D eigenvalue weighted by molar-refractivity contribution is 0.691. The normalized spacial score (nSPS) is 19.8. The molecule has 4 heteroatoms. The zero-order valence-corrected chi connectivity index (χ0v) is 21.3. The fourth-order valence-corrected chi connectivity index (χ4v) is 5.29. The summed E-state index contributed by atoms with van der Waals surface area (Å²) in [5.74, 6) is 2.69. The van der Waals surface area contributed by atoms with Crippen LogP contribution in [0.1, 0.15) is 56.0 Å². The number of benzene rings is 2. The van der Waals surface area contributed by atoms with Crippen LogP contribution in [-0.2, 0) is 0 Å². The zero-order chi connectivity index (χ0) is 25.2. The minimum Gasteiger partial charge on any atom is -0.310 e. The number of para-hydroxylation sites is 2. The van der Waals surface area contributed by atoms with Crippen LogP contribution in [0.2, 0.25) is 0 Å². The molecule has 6 rings (SSSR count). The molecule has 4 nitrogen and oxygen atoms in total. The van der Waals surface area contributed by atoms with Crippen LogP contribution in [0.4, 0.5) is 0 Å². The Morgan fingerprint density at radius 2 is 1.49 bits per heavy atom. The lowest BCUT2D eigenvalue weighted by atomic mass is 9.96. The van der Waals surface area contributed by atoms with Crippen molar-refractivity contribution in [1.29, 1.82) is 0 Å². The van der Waals surface area contributed by atoms with E-state index in [0.717, 1.165) is 35.9 Å². The molecule has 2 aliphatic rings. The molecular weight excluding hydrogens is 452 g/mol. The van der Waals surface area contributed by atoms with Crippen molar-refractivity contribution in [2.24, 2.45) is 0 Å². The Morgan fingerprint density at radius 3 is 2.05 bits per heavy atom. The lowest BCUT2D eigenvalue weighted by Gasteiger charge is -2.20. The van der Waals surface area contributed by atoms with Gasteiger partial charge in [-0.15, -0.1) is 0 Å². The number of allylic oxidation sites excluding steroid dienone is 12. The maximum absolute atomic E-state index is 5.00. The van der Waals surface area contributed by atoms with Crippen molar-refractivity contribution < 1.29 is 0 Å². The van der Waals surface area contributed by atoms with Gasteiger partial charge in [0.1, 0.15) is 11.6 Å². The Kier molecular flexibility index (Phi) is 6.23. The quantitative estimate of drug-likeness (QED) is 0.270. The third-order valence-corrected chi connectivity index (χ3v) is 7.15. The first-order valence-corrected chi connectivity index (χ1v) is 13.0. The van der Waals surface area contributed by atoms with Gasteiger partial charge < -0.3 is 4.57 Å². The molecule has 0 N–H and O–H groups in total. The smallest absolute Gasteiger partial charge is 0.163 e. The molecule has 0 amide bonds. The van der Waals surface area contributed by atoms with Crippen molar-refractivity contribution in [2.75, 3.05) is 0 Å². The average Bonchev–Trinajstić information content (AvgIpc) is 3.31. The number of hydrogen-bond acceptors (Lipinski definition) is 3. The predicted octanol–water partition coefficient (Wildman–Crippen LogP) is 8.14. The second kappa shape index (κ2) is 9.98. The van der Waals surface area contributed by atoms with Gasteiger partial charge in [0.2, 0.25) is 0 Å². The largest absolute Gasteiger partial charge is 0.310 e. The van der Waals surface area contributed by atoms with Crippen molar-refractivity contribution in [1.82, 2.24) is 19.5 Å². The second-order valence-electron chi connectivity index (χ2n) is 9.47. The molecule has 182 valence electrons. The van der Waals surface area contributed by atoms with Gasteiger partial charge in [-0.3, -0.25) is 0 Å². The van der Waals surface area contributed by atoms with E-state index in [1.165, 1.54) is 27.5 Å². The highest BCUT2D eigenvalue weighted by Gasteiger charge is 2.22. The van der Waals surface area contributed by atoms with Gasteiger partial charge >= 0.3 is 0 Å². The number of fused-ring (bicyclic) bond motifs is 3. The Bertz CT molecular complexity index is 1610. The van der Waals surface area contributed by atoms with Crippen LogP contribution in [0.5, 0.6) is 0 Å². The molecule has 0 radical (unpaired) electrons. The van der Waals surface area contributed by atoms with Crippen LogP contribution in [0.3, 0.4) is 0 Å². The number of nitrogens with zero attached hydrogens (tertiary/aromatic N) is 4. The first-order valence-electron chi connectivity index (χ1n) is 13.0. The average molecular weight is 483 g/mol. The summed E-state index contributed by atoms with van der Waals surface area (Å²) in [4.78, 5) is 14.9. The van der Waals surface area contributed by atoms with Gasteiger partial charge in [0, 0.05) is 33.9 Å². The number of rotatable bonds is 5. The summed E-state index contributed by atoms with van der Waals surface area (Å²) >= 11 is 0. The highest BCUT2D eigenvalue weighted by molar-refractivity contribution is 6.10. The summed E-state index contributed by atoms with van der Waals surface area (Å²) in [5.41, 5.74) is 4.66. The van der Waals surface area contributed by atoms with E-state index in [9.17, 15) is 0 Å². The van der Waals surface area contributed by atoms with E-state index >= 15 is 0 Å². The molecular formula is C33H30N4. The predicted molar refractivity (Wildman–Crippen MR) is 154 cm³/mol. The minimum atomic E-state index is 0.101. The summed E-state index contributed by atoms with van der Waals surface area (Å²) in [6.07, 6.45) is 23.2. The maximum Gasteiger partial charge on any atom is 0.163 e. The Labute approximate surface area is 217 Å². The van der Waals surface area contributed by atoms with Crippen molar-refractivity contribution in [3.63, 3.8) is 0 Å². The molecule has 37 heavy (non-hydrogen) atoms. The van der Waals surface area contributed by atoms with Crippen LogP contribution >= 0.6 is 0 Å². The van der Waals surface area contributed by atoms with Gasteiger partial charge in [0.05, 0.1) is 11.0 Å². The second-order valence-corrected chi connectivity index (χ2v) is 9.47. The first kappa shape index (κ1) is 23.1. The molecule has 2 aliphatic carbocycles. The van der Waals surface area contributed by atoms with Gasteiger partial charge in [0.15, 0.2) is 5.82 Å². The van der Waals surface area contributed by atoms with Gasteiger partial charge in [-0.05, 0) is 44.9 Å². The summed E-state index contributed by atoms with van der Waals surface area (Å²) < 4.78 is 2.37. The van der Waals surface area contributed by atoms with Crippen molar-refractivity contribution in [2.45, 2.75) is 38.5 Å². The van der Waals surface area contributed by atoms with Gasteiger partial charge in [-0.2, -0.15) is 0 Å². The number of hydrogen-bond donors (Lipinski definition) is 0. The summed E-state index contributed by atoms with van der Waals surface area (Å²) in [6, 6.07) is 17.3. The van der Waals surface area contributed by atoms with E-state index in [0.29, 0.717) is 0 Å². The lowest BCUT2D eigenvalue weighted by Crippen LogP contribution is -2.14. The third-order valence-electron chi connectivity index (χ3n) is 7.15. The van der Waals surface area contributed by atoms with E-state index < -0.39 is 0 Å². The van der Waals surface area contributed by atoms with Gasteiger partial charge in [0.25, 0.3) is 0 Å². The van der Waals surface area contributed by atoms with E-state index in [1.807, 2.05) is 19.9 Å².